The first-order chi connectivity index (χ1) is 10.2. The van der Waals surface area contributed by atoms with Gasteiger partial charge in [-0.15, -0.1) is 11.8 Å². The Kier molecular flexibility index (Phi) is 5.94. The molecule has 2 atom stereocenters. The van der Waals surface area contributed by atoms with Crippen LogP contribution < -0.4 is 10.5 Å². The second kappa shape index (κ2) is 7.71. The number of amides is 1. The van der Waals surface area contributed by atoms with Gasteiger partial charge >= 0.3 is 0 Å². The van der Waals surface area contributed by atoms with Gasteiger partial charge in [-0.25, -0.2) is 0 Å². The Morgan fingerprint density at radius 1 is 1.43 bits per heavy atom. The van der Waals surface area contributed by atoms with Crippen LogP contribution in [0.25, 0.3) is 0 Å². The summed E-state index contributed by atoms with van der Waals surface area (Å²) in [4.78, 5) is 15.6. The topological polar surface area (TPSA) is 55.6 Å². The van der Waals surface area contributed by atoms with Crippen LogP contribution in [-0.2, 0) is 4.79 Å². The number of likely N-dealkylation sites (tertiary alicyclic amines) is 1. The fourth-order valence-electron chi connectivity index (χ4n) is 2.68. The van der Waals surface area contributed by atoms with Crippen molar-refractivity contribution in [2.75, 3.05) is 19.3 Å². The van der Waals surface area contributed by atoms with E-state index in [1.165, 1.54) is 4.90 Å². The Bertz CT molecular complexity index is 464. The summed E-state index contributed by atoms with van der Waals surface area (Å²) in [7, 11) is 0. The quantitative estimate of drug-likeness (QED) is 0.849. The summed E-state index contributed by atoms with van der Waals surface area (Å²) in [6.45, 7) is 3.13. The molecule has 0 spiro atoms. The Hall–Kier alpha value is -1.20. The van der Waals surface area contributed by atoms with Gasteiger partial charge in [-0.05, 0) is 56.7 Å². The summed E-state index contributed by atoms with van der Waals surface area (Å²) in [6, 6.07) is 7.98. The number of thioether (sulfide) groups is 1. The molecule has 1 fully saturated rings. The lowest BCUT2D eigenvalue weighted by Crippen LogP contribution is -2.51. The third-order valence-electron chi connectivity index (χ3n) is 3.90. The van der Waals surface area contributed by atoms with Gasteiger partial charge in [-0.1, -0.05) is 0 Å². The number of ether oxygens (including phenoxy) is 1. The number of carbonyl (C=O) groups excluding carboxylic acids is 1. The first kappa shape index (κ1) is 16.2. The van der Waals surface area contributed by atoms with E-state index in [2.05, 4.69) is 0 Å². The van der Waals surface area contributed by atoms with Gasteiger partial charge < -0.3 is 15.4 Å². The van der Waals surface area contributed by atoms with Crippen molar-refractivity contribution in [3.8, 4) is 5.75 Å². The molecule has 2 rings (SSSR count). The summed E-state index contributed by atoms with van der Waals surface area (Å²) in [5, 5.41) is 0. The summed E-state index contributed by atoms with van der Waals surface area (Å²) >= 11 is 1.68. The molecule has 1 aliphatic rings. The molecule has 0 aliphatic carbocycles. The number of nitrogens with two attached hydrogens (primary N) is 1. The van der Waals surface area contributed by atoms with E-state index >= 15 is 0 Å². The highest BCUT2D eigenvalue weighted by Gasteiger charge is 2.29. The van der Waals surface area contributed by atoms with E-state index in [1.54, 1.807) is 11.8 Å². The van der Waals surface area contributed by atoms with E-state index in [0.29, 0.717) is 6.54 Å². The molecule has 5 heteroatoms. The minimum atomic E-state index is -0.475. The predicted molar refractivity (Wildman–Crippen MR) is 86.7 cm³/mol. The lowest BCUT2D eigenvalue weighted by molar-refractivity contribution is -0.141. The zero-order valence-electron chi connectivity index (χ0n) is 12.7. The van der Waals surface area contributed by atoms with Crippen LogP contribution >= 0.6 is 11.8 Å². The molecule has 1 amide bonds. The van der Waals surface area contributed by atoms with Crippen molar-refractivity contribution in [3.63, 3.8) is 0 Å². The number of rotatable bonds is 5. The van der Waals surface area contributed by atoms with Gasteiger partial charge in [0.1, 0.15) is 5.75 Å². The highest BCUT2D eigenvalue weighted by molar-refractivity contribution is 7.98. The number of nitrogens with zero attached hydrogens (tertiary/aromatic N) is 1. The van der Waals surface area contributed by atoms with E-state index < -0.39 is 6.10 Å². The maximum atomic E-state index is 12.5. The largest absolute Gasteiger partial charge is 0.481 e. The smallest absolute Gasteiger partial charge is 0.263 e. The fraction of sp³-hybridized carbons (Fsp3) is 0.562. The number of hydrogen-bond donors (Lipinski definition) is 1. The maximum Gasteiger partial charge on any atom is 0.263 e. The number of hydrogen-bond acceptors (Lipinski definition) is 4. The van der Waals surface area contributed by atoms with Crippen LogP contribution in [-0.4, -0.2) is 42.3 Å². The second-order valence-corrected chi connectivity index (χ2v) is 6.23. The SMILES string of the molecule is CSc1ccc(OC(C)C(=O)N2CCCCC2CN)cc1. The zero-order valence-corrected chi connectivity index (χ0v) is 13.6. The van der Waals surface area contributed by atoms with Gasteiger partial charge in [-0.3, -0.25) is 4.79 Å². The van der Waals surface area contributed by atoms with Crippen LogP contribution in [0.4, 0.5) is 0 Å². The molecule has 2 unspecified atom stereocenters. The van der Waals surface area contributed by atoms with Crippen molar-refractivity contribution >= 4 is 17.7 Å². The fourth-order valence-corrected chi connectivity index (χ4v) is 3.09. The average molecular weight is 308 g/mol. The summed E-state index contributed by atoms with van der Waals surface area (Å²) in [5.74, 6) is 0.772. The minimum absolute atomic E-state index is 0.0408. The molecule has 116 valence electrons. The Morgan fingerprint density at radius 2 is 2.14 bits per heavy atom. The van der Waals surface area contributed by atoms with E-state index in [9.17, 15) is 4.79 Å². The molecule has 0 aromatic heterocycles. The lowest BCUT2D eigenvalue weighted by atomic mass is 10.0. The molecule has 1 aromatic rings. The van der Waals surface area contributed by atoms with Crippen LogP contribution in [0.1, 0.15) is 26.2 Å². The van der Waals surface area contributed by atoms with Gasteiger partial charge in [0.15, 0.2) is 6.10 Å². The van der Waals surface area contributed by atoms with E-state index in [1.807, 2.05) is 42.3 Å². The molecule has 21 heavy (non-hydrogen) atoms. The first-order valence-electron chi connectivity index (χ1n) is 7.47. The van der Waals surface area contributed by atoms with Crippen LogP contribution in [0.3, 0.4) is 0 Å². The predicted octanol–water partition coefficient (Wildman–Crippen LogP) is 2.52. The zero-order chi connectivity index (χ0) is 15.2. The Labute approximate surface area is 131 Å². The standard InChI is InChI=1S/C16H24N2O2S/c1-12(20-14-6-8-15(21-2)9-7-14)16(19)18-10-4-3-5-13(18)11-17/h6-9,12-13H,3-5,10-11,17H2,1-2H3. The van der Waals surface area contributed by atoms with E-state index in [0.717, 1.165) is 31.6 Å². The number of benzene rings is 1. The minimum Gasteiger partial charge on any atom is -0.481 e. The second-order valence-electron chi connectivity index (χ2n) is 5.35. The molecule has 0 bridgehead atoms. The Balaban J connectivity index is 1.97. The molecular formula is C16H24N2O2S. The average Bonchev–Trinajstić information content (AvgIpc) is 2.54. The van der Waals surface area contributed by atoms with Crippen LogP contribution in [0, 0.1) is 0 Å². The maximum absolute atomic E-state index is 12.5. The molecule has 1 saturated heterocycles. The van der Waals surface area contributed by atoms with Crippen molar-refractivity contribution in [2.45, 2.75) is 43.2 Å². The molecule has 1 heterocycles. The molecular weight excluding hydrogens is 284 g/mol. The molecule has 2 N–H and O–H groups in total. The van der Waals surface area contributed by atoms with Crippen LogP contribution in [0.5, 0.6) is 5.75 Å². The van der Waals surface area contributed by atoms with Crippen molar-refractivity contribution in [3.05, 3.63) is 24.3 Å². The molecule has 1 aromatic carbocycles. The van der Waals surface area contributed by atoms with E-state index in [-0.39, 0.29) is 11.9 Å². The molecule has 0 saturated carbocycles. The molecule has 4 nitrogen and oxygen atoms in total. The lowest BCUT2D eigenvalue weighted by Gasteiger charge is -2.36. The van der Waals surface area contributed by atoms with Gasteiger partial charge in [0, 0.05) is 24.0 Å². The monoisotopic (exact) mass is 308 g/mol. The number of piperidine rings is 1. The normalized spacial score (nSPS) is 20.1. The summed E-state index contributed by atoms with van der Waals surface area (Å²) in [5.41, 5.74) is 5.78. The Morgan fingerprint density at radius 3 is 2.76 bits per heavy atom. The summed E-state index contributed by atoms with van der Waals surface area (Å²) < 4.78 is 5.78. The molecule has 1 aliphatic heterocycles. The highest BCUT2D eigenvalue weighted by Crippen LogP contribution is 2.22. The van der Waals surface area contributed by atoms with Gasteiger partial charge in [0.05, 0.1) is 0 Å². The third-order valence-corrected chi connectivity index (χ3v) is 4.65. The van der Waals surface area contributed by atoms with Gasteiger partial charge in [-0.2, -0.15) is 0 Å². The van der Waals surface area contributed by atoms with Crippen LogP contribution in [0.15, 0.2) is 29.2 Å². The van der Waals surface area contributed by atoms with Crippen molar-refractivity contribution in [1.82, 2.24) is 4.90 Å². The first-order valence-corrected chi connectivity index (χ1v) is 8.69. The number of carbonyl (C=O) groups is 1. The third kappa shape index (κ3) is 4.14. The summed E-state index contributed by atoms with van der Waals surface area (Å²) in [6.07, 6.45) is 4.76. The molecule has 0 radical (unpaired) electrons. The van der Waals surface area contributed by atoms with Crippen molar-refractivity contribution in [2.24, 2.45) is 5.73 Å². The van der Waals surface area contributed by atoms with Crippen LogP contribution in [0.2, 0.25) is 0 Å². The van der Waals surface area contributed by atoms with Crippen molar-refractivity contribution < 1.29 is 9.53 Å². The van der Waals surface area contributed by atoms with Gasteiger partial charge in [0.2, 0.25) is 0 Å². The highest BCUT2D eigenvalue weighted by atomic mass is 32.2. The van der Waals surface area contributed by atoms with Crippen molar-refractivity contribution in [1.29, 1.82) is 0 Å². The van der Waals surface area contributed by atoms with E-state index in [4.69, 9.17) is 10.5 Å². The van der Waals surface area contributed by atoms with Gasteiger partial charge in [0.25, 0.3) is 5.91 Å².